The summed E-state index contributed by atoms with van der Waals surface area (Å²) in [7, 11) is 0. The number of hydrogen-bond donors (Lipinski definition) is 1. The van der Waals surface area contributed by atoms with Gasteiger partial charge in [0, 0.05) is 10.5 Å². The van der Waals surface area contributed by atoms with Gasteiger partial charge < -0.3 is 10.1 Å². The molecule has 0 radical (unpaired) electrons. The van der Waals surface area contributed by atoms with Crippen LogP contribution in [-0.2, 0) is 4.79 Å². The average Bonchev–Trinajstić information content (AvgIpc) is 2.55. The molecule has 122 valence electrons. The van der Waals surface area contributed by atoms with Crippen LogP contribution in [-0.4, -0.2) is 28.5 Å². The van der Waals surface area contributed by atoms with Crippen LogP contribution < -0.4 is 10.1 Å². The average molecular weight is 378 g/mol. The van der Waals surface area contributed by atoms with E-state index in [4.69, 9.17) is 4.74 Å². The highest BCUT2D eigenvalue weighted by Gasteiger charge is 2.23. The lowest BCUT2D eigenvalue weighted by Crippen LogP contribution is -2.43. The largest absolute Gasteiger partial charge is 0.467 e. The Morgan fingerprint density at radius 2 is 2.17 bits per heavy atom. The zero-order chi connectivity index (χ0) is 16.2. The van der Waals surface area contributed by atoms with E-state index in [2.05, 4.69) is 38.1 Å². The summed E-state index contributed by atoms with van der Waals surface area (Å²) in [5.74, 6) is 0.872. The second-order valence-electron chi connectivity index (χ2n) is 6.06. The van der Waals surface area contributed by atoms with E-state index in [9.17, 15) is 4.79 Å². The smallest absolute Gasteiger partial charge is 0.258 e. The van der Waals surface area contributed by atoms with Gasteiger partial charge in [-0.1, -0.05) is 35.7 Å². The van der Waals surface area contributed by atoms with Crippen LogP contribution in [0, 0.1) is 5.92 Å². The van der Waals surface area contributed by atoms with Crippen LogP contribution in [0.15, 0.2) is 29.0 Å². The van der Waals surface area contributed by atoms with Crippen molar-refractivity contribution in [1.82, 2.24) is 15.3 Å². The van der Waals surface area contributed by atoms with Crippen molar-refractivity contribution in [2.45, 2.75) is 38.6 Å². The van der Waals surface area contributed by atoms with Crippen LogP contribution in [0.1, 0.15) is 32.6 Å². The van der Waals surface area contributed by atoms with E-state index >= 15 is 0 Å². The number of ether oxygens (including phenoxy) is 1. The zero-order valence-electron chi connectivity index (χ0n) is 13.1. The molecule has 1 aliphatic rings. The highest BCUT2D eigenvalue weighted by Crippen LogP contribution is 2.25. The van der Waals surface area contributed by atoms with E-state index in [1.54, 1.807) is 0 Å². The number of fused-ring (bicyclic) bond motifs is 1. The third-order valence-electron chi connectivity index (χ3n) is 4.36. The van der Waals surface area contributed by atoms with Gasteiger partial charge >= 0.3 is 0 Å². The van der Waals surface area contributed by atoms with Crippen LogP contribution in [0.5, 0.6) is 5.88 Å². The molecule has 3 rings (SSSR count). The van der Waals surface area contributed by atoms with Crippen molar-refractivity contribution in [3.8, 4) is 5.88 Å². The van der Waals surface area contributed by atoms with Crippen LogP contribution in [0.2, 0.25) is 0 Å². The number of carbonyl (C=O) groups is 1. The van der Waals surface area contributed by atoms with Crippen molar-refractivity contribution < 1.29 is 9.53 Å². The molecule has 0 bridgehead atoms. The number of nitrogens with zero attached hydrogens (tertiary/aromatic N) is 2. The Balaban J connectivity index is 1.64. The minimum absolute atomic E-state index is 0.0259. The quantitative estimate of drug-likeness (QED) is 0.885. The number of rotatable bonds is 4. The SMILES string of the molecule is C[C@@H]1CCCC[C@@H]1NC(=O)COc1ncnc2ccc(Br)cc12. The standard InChI is InChI=1S/C17H20BrN3O2/c1-11-4-2-3-5-14(11)21-16(22)9-23-17-13-8-12(18)6-7-15(13)19-10-20-17/h6-8,10-11,14H,2-5,9H2,1H3,(H,21,22)/t11-,14+/m1/s1. The van der Waals surface area contributed by atoms with Crippen LogP contribution >= 0.6 is 15.9 Å². The Morgan fingerprint density at radius 1 is 1.35 bits per heavy atom. The maximum atomic E-state index is 12.1. The number of nitrogens with one attached hydrogen (secondary N) is 1. The molecule has 0 saturated heterocycles. The maximum absolute atomic E-state index is 12.1. The second-order valence-corrected chi connectivity index (χ2v) is 6.98. The molecule has 5 nitrogen and oxygen atoms in total. The first kappa shape index (κ1) is 16.2. The van der Waals surface area contributed by atoms with Gasteiger partial charge in [-0.3, -0.25) is 4.79 Å². The molecule has 2 atom stereocenters. The first-order valence-corrected chi connectivity index (χ1v) is 8.75. The van der Waals surface area contributed by atoms with E-state index in [0.29, 0.717) is 11.8 Å². The summed E-state index contributed by atoms with van der Waals surface area (Å²) in [5.41, 5.74) is 0.791. The van der Waals surface area contributed by atoms with Gasteiger partial charge in [0.25, 0.3) is 5.91 Å². The Morgan fingerprint density at radius 3 is 3.00 bits per heavy atom. The van der Waals surface area contributed by atoms with Gasteiger partial charge in [0.1, 0.15) is 6.33 Å². The fourth-order valence-corrected chi connectivity index (χ4v) is 3.39. The Labute approximate surface area is 144 Å². The first-order chi connectivity index (χ1) is 11.1. The van der Waals surface area contributed by atoms with Gasteiger partial charge in [0.2, 0.25) is 5.88 Å². The van der Waals surface area contributed by atoms with Gasteiger partial charge in [-0.05, 0) is 37.0 Å². The number of hydrogen-bond acceptors (Lipinski definition) is 4. The summed E-state index contributed by atoms with van der Waals surface area (Å²) in [6, 6.07) is 5.95. The molecule has 1 saturated carbocycles. The summed E-state index contributed by atoms with van der Waals surface area (Å²) < 4.78 is 6.55. The molecular weight excluding hydrogens is 358 g/mol. The molecule has 1 heterocycles. The molecule has 1 amide bonds. The Kier molecular flexibility index (Phi) is 5.10. The van der Waals surface area contributed by atoms with E-state index < -0.39 is 0 Å². The van der Waals surface area contributed by atoms with E-state index in [1.807, 2.05) is 18.2 Å². The van der Waals surface area contributed by atoms with Crippen LogP contribution in [0.4, 0.5) is 0 Å². The molecular formula is C17H20BrN3O2. The lowest BCUT2D eigenvalue weighted by atomic mass is 9.86. The summed E-state index contributed by atoms with van der Waals surface area (Å²) in [4.78, 5) is 20.5. The predicted molar refractivity (Wildman–Crippen MR) is 92.3 cm³/mol. The molecule has 6 heteroatoms. The monoisotopic (exact) mass is 377 g/mol. The molecule has 0 aliphatic heterocycles. The minimum Gasteiger partial charge on any atom is -0.467 e. The zero-order valence-corrected chi connectivity index (χ0v) is 14.7. The number of benzene rings is 1. The number of aromatic nitrogens is 2. The topological polar surface area (TPSA) is 64.1 Å². The Hall–Kier alpha value is -1.69. The van der Waals surface area contributed by atoms with Gasteiger partial charge in [-0.2, -0.15) is 0 Å². The summed E-state index contributed by atoms with van der Waals surface area (Å²) in [6.07, 6.45) is 6.12. The van der Waals surface area contributed by atoms with Crippen molar-refractivity contribution in [3.05, 3.63) is 29.0 Å². The molecule has 1 aromatic heterocycles. The fourth-order valence-electron chi connectivity index (χ4n) is 3.03. The summed E-state index contributed by atoms with van der Waals surface area (Å²) in [6.45, 7) is 2.17. The molecule has 0 spiro atoms. The van der Waals surface area contributed by atoms with Gasteiger partial charge in [0.15, 0.2) is 6.61 Å². The number of halogens is 1. The van der Waals surface area contributed by atoms with Crippen molar-refractivity contribution in [1.29, 1.82) is 0 Å². The van der Waals surface area contributed by atoms with Gasteiger partial charge in [-0.15, -0.1) is 0 Å². The predicted octanol–water partition coefficient (Wildman–Crippen LogP) is 3.47. The number of amides is 1. The lowest BCUT2D eigenvalue weighted by molar-refractivity contribution is -0.124. The normalized spacial score (nSPS) is 21.1. The molecule has 23 heavy (non-hydrogen) atoms. The highest BCUT2D eigenvalue weighted by molar-refractivity contribution is 9.10. The minimum atomic E-state index is -0.0921. The molecule has 1 aromatic carbocycles. The first-order valence-electron chi connectivity index (χ1n) is 7.96. The highest BCUT2D eigenvalue weighted by atomic mass is 79.9. The molecule has 0 unspecified atom stereocenters. The molecule has 1 N–H and O–H groups in total. The van der Waals surface area contributed by atoms with Crippen molar-refractivity contribution >= 4 is 32.7 Å². The lowest BCUT2D eigenvalue weighted by Gasteiger charge is -2.29. The van der Waals surface area contributed by atoms with E-state index in [-0.39, 0.29) is 18.6 Å². The Bertz CT molecular complexity index is 707. The third-order valence-corrected chi connectivity index (χ3v) is 4.85. The van der Waals surface area contributed by atoms with Gasteiger partial charge in [-0.25, -0.2) is 9.97 Å². The van der Waals surface area contributed by atoms with E-state index in [1.165, 1.54) is 25.6 Å². The van der Waals surface area contributed by atoms with Crippen molar-refractivity contribution in [3.63, 3.8) is 0 Å². The van der Waals surface area contributed by atoms with Crippen molar-refractivity contribution in [2.75, 3.05) is 6.61 Å². The molecule has 1 fully saturated rings. The summed E-state index contributed by atoms with van der Waals surface area (Å²) >= 11 is 3.43. The third kappa shape index (κ3) is 3.99. The summed E-state index contributed by atoms with van der Waals surface area (Å²) in [5, 5.41) is 3.87. The fraction of sp³-hybridized carbons (Fsp3) is 0.471. The van der Waals surface area contributed by atoms with Gasteiger partial charge in [0.05, 0.1) is 10.9 Å². The van der Waals surface area contributed by atoms with E-state index in [0.717, 1.165) is 21.8 Å². The molecule has 1 aliphatic carbocycles. The van der Waals surface area contributed by atoms with Crippen LogP contribution in [0.25, 0.3) is 10.9 Å². The van der Waals surface area contributed by atoms with Crippen molar-refractivity contribution in [2.24, 2.45) is 5.92 Å². The van der Waals surface area contributed by atoms with Crippen LogP contribution in [0.3, 0.4) is 0 Å². The molecule has 2 aromatic rings. The second kappa shape index (κ2) is 7.25. The number of carbonyl (C=O) groups excluding carboxylic acids is 1. The maximum Gasteiger partial charge on any atom is 0.258 e.